The Morgan fingerprint density at radius 2 is 2.08 bits per heavy atom. The Balaban J connectivity index is 0.000000845. The van der Waals surface area contributed by atoms with Gasteiger partial charge >= 0.3 is 0 Å². The number of nitrogen functional groups attached to an aromatic ring is 1. The summed E-state index contributed by atoms with van der Waals surface area (Å²) in [5.74, 6) is 0. The van der Waals surface area contributed by atoms with E-state index in [1.54, 1.807) is 4.68 Å². The second kappa shape index (κ2) is 3.26. The molecular formula is C9H12ClN3. The molecule has 70 valence electrons. The van der Waals surface area contributed by atoms with Crippen LogP contribution in [-0.4, -0.2) is 9.78 Å². The van der Waals surface area contributed by atoms with E-state index < -0.39 is 0 Å². The number of benzene rings is 1. The molecule has 0 radical (unpaired) electrons. The van der Waals surface area contributed by atoms with Gasteiger partial charge in [0, 0.05) is 24.3 Å². The smallest absolute Gasteiger partial charge is 0.0953 e. The van der Waals surface area contributed by atoms with Crippen molar-refractivity contribution < 1.29 is 0 Å². The molecule has 3 nitrogen and oxygen atoms in total. The first kappa shape index (κ1) is 9.86. The maximum atomic E-state index is 5.70. The average Bonchev–Trinajstić information content (AvgIpc) is 2.29. The fourth-order valence-electron chi connectivity index (χ4n) is 1.46. The molecule has 0 atom stereocenters. The fraction of sp³-hybridized carbons (Fsp3) is 0.222. The maximum absolute atomic E-state index is 5.70. The summed E-state index contributed by atoms with van der Waals surface area (Å²) >= 11 is 0. The zero-order valence-electron chi connectivity index (χ0n) is 7.61. The van der Waals surface area contributed by atoms with Gasteiger partial charge in [-0.2, -0.15) is 5.10 Å². The van der Waals surface area contributed by atoms with Gasteiger partial charge in [0.15, 0.2) is 0 Å². The monoisotopic (exact) mass is 197 g/mol. The van der Waals surface area contributed by atoms with Crippen molar-refractivity contribution in [1.29, 1.82) is 0 Å². The SMILES string of the molecule is Cc1cc(N)cc2cn(C)nc12.Cl. The number of hydrogen-bond acceptors (Lipinski definition) is 2. The van der Waals surface area contributed by atoms with Crippen molar-refractivity contribution in [2.24, 2.45) is 7.05 Å². The molecule has 1 aromatic carbocycles. The summed E-state index contributed by atoms with van der Waals surface area (Å²) < 4.78 is 1.80. The van der Waals surface area contributed by atoms with Gasteiger partial charge in [0.05, 0.1) is 5.52 Å². The van der Waals surface area contributed by atoms with E-state index in [2.05, 4.69) is 5.10 Å². The van der Waals surface area contributed by atoms with Crippen LogP contribution in [0.3, 0.4) is 0 Å². The first-order valence-corrected chi connectivity index (χ1v) is 3.86. The standard InChI is InChI=1S/C9H11N3.ClH/c1-6-3-8(10)4-7-5-12(2)11-9(6)7;/h3-5H,10H2,1-2H3;1H. The van der Waals surface area contributed by atoms with Crippen LogP contribution >= 0.6 is 12.4 Å². The third-order valence-corrected chi connectivity index (χ3v) is 1.94. The Morgan fingerprint density at radius 3 is 2.77 bits per heavy atom. The van der Waals surface area contributed by atoms with Gasteiger partial charge in [-0.1, -0.05) is 0 Å². The van der Waals surface area contributed by atoms with Crippen LogP contribution in [0.15, 0.2) is 18.3 Å². The van der Waals surface area contributed by atoms with E-state index in [9.17, 15) is 0 Å². The van der Waals surface area contributed by atoms with Crippen molar-refractivity contribution in [3.8, 4) is 0 Å². The molecule has 0 bridgehead atoms. The topological polar surface area (TPSA) is 43.8 Å². The minimum Gasteiger partial charge on any atom is -0.399 e. The molecule has 0 aliphatic rings. The summed E-state index contributed by atoms with van der Waals surface area (Å²) in [4.78, 5) is 0. The third kappa shape index (κ3) is 1.60. The van der Waals surface area contributed by atoms with Crippen LogP contribution in [0.2, 0.25) is 0 Å². The van der Waals surface area contributed by atoms with Crippen LogP contribution in [-0.2, 0) is 7.05 Å². The summed E-state index contributed by atoms with van der Waals surface area (Å²) in [6.07, 6.45) is 1.97. The predicted octanol–water partition coefficient (Wildman–Crippen LogP) is 1.89. The van der Waals surface area contributed by atoms with E-state index in [1.165, 1.54) is 0 Å². The molecule has 0 amide bonds. The molecule has 2 N–H and O–H groups in total. The van der Waals surface area contributed by atoms with Crippen molar-refractivity contribution >= 4 is 29.0 Å². The van der Waals surface area contributed by atoms with Gasteiger partial charge in [0.1, 0.15) is 0 Å². The normalized spacial score (nSPS) is 10.0. The Morgan fingerprint density at radius 1 is 1.38 bits per heavy atom. The second-order valence-electron chi connectivity index (χ2n) is 3.08. The Hall–Kier alpha value is -1.22. The summed E-state index contributed by atoms with van der Waals surface area (Å²) in [7, 11) is 1.91. The Labute approximate surface area is 82.9 Å². The zero-order valence-corrected chi connectivity index (χ0v) is 8.43. The fourth-order valence-corrected chi connectivity index (χ4v) is 1.46. The third-order valence-electron chi connectivity index (χ3n) is 1.94. The summed E-state index contributed by atoms with van der Waals surface area (Å²) in [6.45, 7) is 2.02. The molecule has 2 aromatic rings. The van der Waals surface area contributed by atoms with E-state index in [0.717, 1.165) is 22.2 Å². The van der Waals surface area contributed by atoms with Gasteiger partial charge < -0.3 is 5.73 Å². The molecule has 0 aliphatic heterocycles. The number of anilines is 1. The zero-order chi connectivity index (χ0) is 8.72. The number of halogens is 1. The minimum atomic E-state index is 0. The highest BCUT2D eigenvalue weighted by atomic mass is 35.5. The van der Waals surface area contributed by atoms with Crippen LogP contribution in [0.25, 0.3) is 10.9 Å². The Kier molecular flexibility index (Phi) is 2.48. The molecule has 0 unspecified atom stereocenters. The van der Waals surface area contributed by atoms with Crippen LogP contribution in [0, 0.1) is 6.92 Å². The molecule has 2 rings (SSSR count). The van der Waals surface area contributed by atoms with Crippen LogP contribution in [0.5, 0.6) is 0 Å². The van der Waals surface area contributed by atoms with Gasteiger partial charge in [-0.25, -0.2) is 0 Å². The van der Waals surface area contributed by atoms with Gasteiger partial charge in [-0.3, -0.25) is 4.68 Å². The number of nitrogens with two attached hydrogens (primary N) is 1. The Bertz CT molecular complexity index is 434. The van der Waals surface area contributed by atoms with Crippen molar-refractivity contribution in [3.05, 3.63) is 23.9 Å². The van der Waals surface area contributed by atoms with E-state index in [-0.39, 0.29) is 12.4 Å². The molecule has 0 fully saturated rings. The van der Waals surface area contributed by atoms with Gasteiger partial charge in [0.2, 0.25) is 0 Å². The van der Waals surface area contributed by atoms with Gasteiger partial charge in [0.25, 0.3) is 0 Å². The molecule has 0 spiro atoms. The lowest BCUT2D eigenvalue weighted by atomic mass is 10.1. The quantitative estimate of drug-likeness (QED) is 0.656. The lowest BCUT2D eigenvalue weighted by molar-refractivity contribution is 0.779. The van der Waals surface area contributed by atoms with Crippen molar-refractivity contribution in [1.82, 2.24) is 9.78 Å². The molecule has 1 aromatic heterocycles. The van der Waals surface area contributed by atoms with Crippen LogP contribution < -0.4 is 5.73 Å². The molecule has 0 aliphatic carbocycles. The summed E-state index contributed by atoms with van der Waals surface area (Å²) in [5.41, 5.74) is 8.66. The van der Waals surface area contributed by atoms with Crippen LogP contribution in [0.4, 0.5) is 5.69 Å². The molecule has 1 heterocycles. The maximum Gasteiger partial charge on any atom is 0.0953 e. The average molecular weight is 198 g/mol. The predicted molar refractivity (Wildman–Crippen MR) is 57.1 cm³/mol. The lowest BCUT2D eigenvalue weighted by Crippen LogP contribution is -1.87. The number of aryl methyl sites for hydroxylation is 2. The van der Waals surface area contributed by atoms with E-state index in [0.29, 0.717) is 0 Å². The number of nitrogens with zero attached hydrogens (tertiary/aromatic N) is 2. The number of rotatable bonds is 0. The molecule has 0 saturated carbocycles. The number of aromatic nitrogens is 2. The van der Waals surface area contributed by atoms with Crippen molar-refractivity contribution in [2.75, 3.05) is 5.73 Å². The first-order valence-electron chi connectivity index (χ1n) is 3.86. The highest BCUT2D eigenvalue weighted by Gasteiger charge is 2.01. The molecular weight excluding hydrogens is 186 g/mol. The number of hydrogen-bond donors (Lipinski definition) is 1. The largest absolute Gasteiger partial charge is 0.399 e. The lowest BCUT2D eigenvalue weighted by Gasteiger charge is -1.95. The van der Waals surface area contributed by atoms with Crippen molar-refractivity contribution in [2.45, 2.75) is 6.92 Å². The van der Waals surface area contributed by atoms with E-state index in [4.69, 9.17) is 5.73 Å². The highest BCUT2D eigenvalue weighted by Crippen LogP contribution is 2.19. The highest BCUT2D eigenvalue weighted by molar-refractivity contribution is 5.85. The van der Waals surface area contributed by atoms with E-state index >= 15 is 0 Å². The van der Waals surface area contributed by atoms with Crippen LogP contribution in [0.1, 0.15) is 5.56 Å². The molecule has 4 heteroatoms. The summed E-state index contributed by atoms with van der Waals surface area (Å²) in [5, 5.41) is 5.42. The minimum absolute atomic E-state index is 0. The summed E-state index contributed by atoms with van der Waals surface area (Å²) in [6, 6.07) is 3.88. The molecule has 0 saturated heterocycles. The first-order chi connectivity index (χ1) is 5.66. The second-order valence-corrected chi connectivity index (χ2v) is 3.08. The van der Waals surface area contributed by atoms with Gasteiger partial charge in [-0.05, 0) is 24.6 Å². The van der Waals surface area contributed by atoms with Gasteiger partial charge in [-0.15, -0.1) is 12.4 Å². The number of fused-ring (bicyclic) bond motifs is 1. The van der Waals surface area contributed by atoms with Crippen molar-refractivity contribution in [3.63, 3.8) is 0 Å². The molecule has 13 heavy (non-hydrogen) atoms. The van der Waals surface area contributed by atoms with E-state index in [1.807, 2.05) is 32.3 Å².